The maximum absolute atomic E-state index is 12.1. The number of hydrogen-bond acceptors (Lipinski definition) is 5. The maximum atomic E-state index is 12.1. The van der Waals surface area contributed by atoms with Crippen LogP contribution in [0.3, 0.4) is 0 Å². The Balaban J connectivity index is 1.91. The molecule has 0 spiro atoms. The van der Waals surface area contributed by atoms with Crippen molar-refractivity contribution in [2.45, 2.75) is 20.6 Å². The highest BCUT2D eigenvalue weighted by Crippen LogP contribution is 2.17. The molecule has 0 fully saturated rings. The minimum Gasteiger partial charge on any atom is -0.471 e. The molecule has 0 aliphatic carbocycles. The molecular weight excluding hydrogens is 346 g/mol. The molecule has 25 heavy (non-hydrogen) atoms. The summed E-state index contributed by atoms with van der Waals surface area (Å²) in [5.74, 6) is -0.345. The van der Waals surface area contributed by atoms with E-state index in [4.69, 9.17) is 21.1 Å². The summed E-state index contributed by atoms with van der Waals surface area (Å²) in [6, 6.07) is 8.53. The average Bonchev–Trinajstić information content (AvgIpc) is 3.02. The first-order valence-corrected chi connectivity index (χ1v) is 7.94. The second-order valence-corrected chi connectivity index (χ2v) is 5.44. The van der Waals surface area contributed by atoms with Crippen LogP contribution in [0, 0.1) is 0 Å². The molecule has 2 aromatic rings. The lowest BCUT2D eigenvalue weighted by Crippen LogP contribution is -2.23. The summed E-state index contributed by atoms with van der Waals surface area (Å²) in [5, 5.41) is 7.26. The third-order valence-electron chi connectivity index (χ3n) is 2.96. The van der Waals surface area contributed by atoms with E-state index in [-0.39, 0.29) is 19.0 Å². The van der Waals surface area contributed by atoms with Crippen molar-refractivity contribution < 1.29 is 19.1 Å². The van der Waals surface area contributed by atoms with Gasteiger partial charge in [-0.25, -0.2) is 9.48 Å². The van der Waals surface area contributed by atoms with Gasteiger partial charge in [0.1, 0.15) is 5.75 Å². The molecule has 1 N–H and O–H groups in total. The lowest BCUT2D eigenvalue weighted by atomic mass is 10.3. The molecule has 2 rings (SSSR count). The maximum Gasteiger partial charge on any atom is 0.332 e. The zero-order chi connectivity index (χ0) is 18.2. The Morgan fingerprint density at radius 1 is 1.36 bits per heavy atom. The van der Waals surface area contributed by atoms with Gasteiger partial charge in [0.25, 0.3) is 5.91 Å². The lowest BCUT2D eigenvalue weighted by molar-refractivity contribution is -0.137. The Hall–Kier alpha value is -2.80. The van der Waals surface area contributed by atoms with Crippen molar-refractivity contribution in [2.24, 2.45) is 0 Å². The van der Waals surface area contributed by atoms with Gasteiger partial charge in [0.05, 0.1) is 6.61 Å². The number of amides is 1. The third kappa shape index (κ3) is 5.96. The number of esters is 1. The molecule has 1 aromatic heterocycles. The number of ether oxygens (including phenoxy) is 2. The highest BCUT2D eigenvalue weighted by atomic mass is 35.5. The van der Waals surface area contributed by atoms with Gasteiger partial charge in [-0.1, -0.05) is 17.7 Å². The largest absolute Gasteiger partial charge is 0.471 e. The molecule has 0 unspecified atom stereocenters. The minimum absolute atomic E-state index is 0.130. The van der Waals surface area contributed by atoms with Crippen LogP contribution in [-0.2, 0) is 16.3 Å². The Morgan fingerprint density at radius 3 is 2.88 bits per heavy atom. The average molecular weight is 364 g/mol. The quantitative estimate of drug-likeness (QED) is 0.604. The van der Waals surface area contributed by atoms with Gasteiger partial charge in [0.2, 0.25) is 0 Å². The molecule has 0 bridgehead atoms. The Morgan fingerprint density at radius 2 is 2.16 bits per heavy atom. The fourth-order valence-corrected chi connectivity index (χ4v) is 2.07. The van der Waals surface area contributed by atoms with E-state index < -0.39 is 11.9 Å². The molecule has 0 saturated heterocycles. The number of benzene rings is 1. The van der Waals surface area contributed by atoms with E-state index in [1.807, 2.05) is 0 Å². The summed E-state index contributed by atoms with van der Waals surface area (Å²) in [6.07, 6.45) is 2.82. The first-order valence-electron chi connectivity index (χ1n) is 7.56. The summed E-state index contributed by atoms with van der Waals surface area (Å²) >= 11 is 5.88. The van der Waals surface area contributed by atoms with E-state index >= 15 is 0 Å². The summed E-state index contributed by atoms with van der Waals surface area (Å²) in [4.78, 5) is 23.4. The summed E-state index contributed by atoms with van der Waals surface area (Å²) in [6.45, 7) is 3.70. The lowest BCUT2D eigenvalue weighted by Gasteiger charge is -2.06. The van der Waals surface area contributed by atoms with E-state index in [9.17, 15) is 9.59 Å². The molecule has 132 valence electrons. The number of halogens is 1. The zero-order valence-electron chi connectivity index (χ0n) is 13.9. The number of allylic oxidation sites excluding steroid dienone is 1. The van der Waals surface area contributed by atoms with Gasteiger partial charge in [0.15, 0.2) is 12.4 Å². The number of nitrogens with one attached hydrogen (secondary N) is 1. The molecule has 1 amide bonds. The van der Waals surface area contributed by atoms with Gasteiger partial charge in [0, 0.05) is 23.0 Å². The first-order chi connectivity index (χ1) is 12.0. The van der Waals surface area contributed by atoms with Gasteiger partial charge in [-0.2, -0.15) is 5.10 Å². The second kappa shape index (κ2) is 8.89. The monoisotopic (exact) mass is 363 g/mol. The van der Waals surface area contributed by atoms with Crippen LogP contribution >= 0.6 is 11.6 Å². The fraction of sp³-hybridized carbons (Fsp3) is 0.235. The van der Waals surface area contributed by atoms with Crippen LogP contribution in [0.15, 0.2) is 48.3 Å². The first kappa shape index (κ1) is 18.5. The molecule has 0 aliphatic rings. The normalized spacial score (nSPS) is 11.1. The van der Waals surface area contributed by atoms with Crippen molar-refractivity contribution in [1.82, 2.24) is 15.1 Å². The van der Waals surface area contributed by atoms with Crippen LogP contribution < -0.4 is 10.1 Å². The van der Waals surface area contributed by atoms with Crippen molar-refractivity contribution in [2.75, 3.05) is 6.61 Å². The smallest absolute Gasteiger partial charge is 0.332 e. The van der Waals surface area contributed by atoms with E-state index in [1.54, 1.807) is 50.4 Å². The van der Waals surface area contributed by atoms with E-state index in [0.717, 1.165) is 0 Å². The standard InChI is InChI=1S/C17H18ClN3O4/c1-3-24-16(22)9-12(2)19-17(23)15-7-8-21(20-15)11-25-14-6-4-5-13(18)10-14/h4-10H,3,11H2,1-2H3,(H,19,23)/b12-9+. The molecule has 0 saturated carbocycles. The van der Waals surface area contributed by atoms with Crippen molar-refractivity contribution in [3.8, 4) is 5.75 Å². The summed E-state index contributed by atoms with van der Waals surface area (Å²) in [5.41, 5.74) is 0.569. The van der Waals surface area contributed by atoms with Gasteiger partial charge in [-0.3, -0.25) is 4.79 Å². The highest BCUT2D eigenvalue weighted by molar-refractivity contribution is 6.30. The van der Waals surface area contributed by atoms with Crippen LogP contribution in [0.25, 0.3) is 0 Å². The summed E-state index contributed by atoms with van der Waals surface area (Å²) < 4.78 is 11.8. The fourth-order valence-electron chi connectivity index (χ4n) is 1.89. The Labute approximate surface area is 150 Å². The number of rotatable bonds is 7. The van der Waals surface area contributed by atoms with E-state index in [0.29, 0.717) is 16.5 Å². The molecule has 8 heteroatoms. The molecular formula is C17H18ClN3O4. The van der Waals surface area contributed by atoms with Crippen LogP contribution in [0.2, 0.25) is 5.02 Å². The molecule has 1 heterocycles. The second-order valence-electron chi connectivity index (χ2n) is 5.00. The van der Waals surface area contributed by atoms with E-state index in [1.165, 1.54) is 10.8 Å². The summed E-state index contributed by atoms with van der Waals surface area (Å²) in [7, 11) is 0. The van der Waals surface area contributed by atoms with Crippen LogP contribution in [0.1, 0.15) is 24.3 Å². The SMILES string of the molecule is CCOC(=O)/C=C(\C)NC(=O)c1ccn(COc2cccc(Cl)c2)n1. The van der Waals surface area contributed by atoms with Crippen LogP contribution in [0.4, 0.5) is 0 Å². The van der Waals surface area contributed by atoms with Crippen molar-refractivity contribution in [1.29, 1.82) is 0 Å². The molecule has 0 aliphatic heterocycles. The van der Waals surface area contributed by atoms with E-state index in [2.05, 4.69) is 10.4 Å². The highest BCUT2D eigenvalue weighted by Gasteiger charge is 2.10. The predicted molar refractivity (Wildman–Crippen MR) is 92.2 cm³/mol. The minimum atomic E-state index is -0.513. The molecule has 1 aromatic carbocycles. The topological polar surface area (TPSA) is 82.5 Å². The van der Waals surface area contributed by atoms with Crippen molar-refractivity contribution in [3.63, 3.8) is 0 Å². The van der Waals surface area contributed by atoms with Crippen molar-refractivity contribution in [3.05, 3.63) is 59.0 Å². The number of aromatic nitrogens is 2. The molecule has 7 nitrogen and oxygen atoms in total. The molecule has 0 radical (unpaired) electrons. The number of hydrogen-bond donors (Lipinski definition) is 1. The van der Waals surface area contributed by atoms with Gasteiger partial charge in [-0.15, -0.1) is 0 Å². The molecule has 0 atom stereocenters. The van der Waals surface area contributed by atoms with Crippen molar-refractivity contribution >= 4 is 23.5 Å². The number of carbonyl (C=O) groups excluding carboxylic acids is 2. The van der Waals surface area contributed by atoms with Crippen LogP contribution in [-0.4, -0.2) is 28.3 Å². The predicted octanol–water partition coefficient (Wildman–Crippen LogP) is 2.77. The van der Waals surface area contributed by atoms with Gasteiger partial charge in [-0.05, 0) is 38.1 Å². The van der Waals surface area contributed by atoms with Gasteiger partial charge >= 0.3 is 5.97 Å². The third-order valence-corrected chi connectivity index (χ3v) is 3.20. The number of carbonyl (C=O) groups is 2. The zero-order valence-corrected chi connectivity index (χ0v) is 14.6. The Bertz CT molecular complexity index is 786. The van der Waals surface area contributed by atoms with Crippen LogP contribution in [0.5, 0.6) is 5.75 Å². The van der Waals surface area contributed by atoms with Gasteiger partial charge < -0.3 is 14.8 Å². The number of nitrogens with zero attached hydrogens (tertiary/aromatic N) is 2. The Kier molecular flexibility index (Phi) is 6.59.